The maximum Gasteiger partial charge on any atom is 0.246 e. The van der Waals surface area contributed by atoms with Crippen LogP contribution in [0.1, 0.15) is 26.3 Å². The van der Waals surface area contributed by atoms with E-state index in [2.05, 4.69) is 0 Å². The number of hydrogen-bond donors (Lipinski definition) is 0. The number of benzene rings is 1. The van der Waals surface area contributed by atoms with Gasteiger partial charge in [-0.3, -0.25) is 0 Å². The maximum absolute atomic E-state index is 12.6. The normalized spacial score (nSPS) is 12.2. The highest BCUT2D eigenvalue weighted by Crippen LogP contribution is 2.29. The summed E-state index contributed by atoms with van der Waals surface area (Å²) < 4.78 is 31.8. The van der Waals surface area contributed by atoms with Gasteiger partial charge in [-0.2, -0.15) is 4.31 Å². The lowest BCUT2D eigenvalue weighted by Crippen LogP contribution is -2.36. The molecule has 1 aromatic rings. The fourth-order valence-corrected chi connectivity index (χ4v) is 3.90. The molecule has 0 atom stereocenters. The van der Waals surface area contributed by atoms with Gasteiger partial charge in [0.15, 0.2) is 0 Å². The monoisotopic (exact) mass is 305 g/mol. The number of hydrogen-bond acceptors (Lipinski definition) is 3. The summed E-state index contributed by atoms with van der Waals surface area (Å²) in [5.41, 5.74) is 0.824. The van der Waals surface area contributed by atoms with Crippen LogP contribution in [0.3, 0.4) is 0 Å². The summed E-state index contributed by atoms with van der Waals surface area (Å²) in [7, 11) is -2.10. The minimum atomic E-state index is -3.55. The Hall–Kier alpha value is -0.780. The Bertz CT molecular complexity index is 529. The predicted octanol–water partition coefficient (Wildman–Crippen LogP) is 2.85. The Morgan fingerprint density at radius 3 is 2.42 bits per heavy atom. The van der Waals surface area contributed by atoms with E-state index >= 15 is 0 Å². The number of nitrogens with zero attached hydrogens (tertiary/aromatic N) is 1. The zero-order valence-corrected chi connectivity index (χ0v) is 13.3. The zero-order chi connectivity index (χ0) is 14.6. The molecule has 108 valence electrons. The van der Waals surface area contributed by atoms with Crippen molar-refractivity contribution in [2.75, 3.05) is 13.7 Å². The van der Waals surface area contributed by atoms with E-state index in [-0.39, 0.29) is 10.9 Å². The molecule has 0 saturated carbocycles. The first-order chi connectivity index (χ1) is 8.88. The molecule has 0 saturated heterocycles. The first-order valence-corrected chi connectivity index (χ1v) is 8.10. The summed E-state index contributed by atoms with van der Waals surface area (Å²) in [6.07, 6.45) is 0. The average molecular weight is 306 g/mol. The number of halogens is 1. The van der Waals surface area contributed by atoms with E-state index in [1.165, 1.54) is 11.4 Å². The summed E-state index contributed by atoms with van der Waals surface area (Å²) in [5, 5.41) is 0. The fourth-order valence-electron chi connectivity index (χ4n) is 1.95. The minimum Gasteiger partial charge on any atom is -0.495 e. The molecule has 0 bridgehead atoms. The van der Waals surface area contributed by atoms with Crippen LogP contribution >= 0.6 is 11.6 Å². The van der Waals surface area contributed by atoms with Crippen molar-refractivity contribution in [3.8, 4) is 5.75 Å². The number of alkyl halides is 1. The van der Waals surface area contributed by atoms with Crippen LogP contribution in [0.2, 0.25) is 0 Å². The lowest BCUT2D eigenvalue weighted by molar-refractivity contribution is 0.361. The molecule has 4 nitrogen and oxygen atoms in total. The molecule has 19 heavy (non-hydrogen) atoms. The largest absolute Gasteiger partial charge is 0.495 e. The summed E-state index contributed by atoms with van der Waals surface area (Å²) in [5.74, 6) is 0.649. The third-order valence-electron chi connectivity index (χ3n) is 2.86. The smallest absolute Gasteiger partial charge is 0.246 e. The molecule has 0 spiro atoms. The van der Waals surface area contributed by atoms with Crippen LogP contribution < -0.4 is 4.74 Å². The lowest BCUT2D eigenvalue weighted by Gasteiger charge is -2.25. The molecule has 0 aliphatic rings. The van der Waals surface area contributed by atoms with Gasteiger partial charge in [0.1, 0.15) is 10.6 Å². The van der Waals surface area contributed by atoms with Crippen molar-refractivity contribution < 1.29 is 13.2 Å². The Morgan fingerprint density at radius 1 is 1.37 bits per heavy atom. The fraction of sp³-hybridized carbons (Fsp3) is 0.538. The van der Waals surface area contributed by atoms with Crippen molar-refractivity contribution in [3.63, 3.8) is 0 Å². The standard InChI is InChI=1S/C13H20ClNO3S/c1-5-15(10(2)3)19(16,17)13-7-6-11(9-14)8-12(13)18-4/h6-8,10H,5,9H2,1-4H3. The van der Waals surface area contributed by atoms with Crippen LogP contribution in [-0.2, 0) is 15.9 Å². The van der Waals surface area contributed by atoms with Gasteiger partial charge >= 0.3 is 0 Å². The molecule has 0 radical (unpaired) electrons. The Morgan fingerprint density at radius 2 is 2.00 bits per heavy atom. The van der Waals surface area contributed by atoms with Crippen LogP contribution in [0.15, 0.2) is 23.1 Å². The summed E-state index contributed by atoms with van der Waals surface area (Å²) in [4.78, 5) is 0.180. The number of sulfonamides is 1. The van der Waals surface area contributed by atoms with E-state index in [1.54, 1.807) is 18.2 Å². The highest BCUT2D eigenvalue weighted by molar-refractivity contribution is 7.89. The summed E-state index contributed by atoms with van der Waals surface area (Å²) >= 11 is 5.75. The van der Waals surface area contributed by atoms with Gasteiger partial charge in [0.25, 0.3) is 0 Å². The molecule has 1 rings (SSSR count). The van der Waals surface area contributed by atoms with Crippen LogP contribution in [0.4, 0.5) is 0 Å². The first kappa shape index (κ1) is 16.3. The average Bonchev–Trinajstić information content (AvgIpc) is 2.37. The third kappa shape index (κ3) is 3.41. The molecule has 0 unspecified atom stereocenters. The van der Waals surface area contributed by atoms with Gasteiger partial charge in [0.05, 0.1) is 7.11 Å². The van der Waals surface area contributed by atoms with Gasteiger partial charge in [-0.1, -0.05) is 13.0 Å². The Kier molecular flexibility index (Phi) is 5.64. The molecule has 0 fully saturated rings. The quantitative estimate of drug-likeness (QED) is 0.759. The SMILES string of the molecule is CCN(C(C)C)S(=O)(=O)c1ccc(CCl)cc1OC. The second-order valence-corrected chi connectivity index (χ2v) is 6.55. The maximum atomic E-state index is 12.6. The van der Waals surface area contributed by atoms with Crippen molar-refractivity contribution >= 4 is 21.6 Å². The van der Waals surface area contributed by atoms with Gasteiger partial charge in [-0.15, -0.1) is 11.6 Å². The van der Waals surface area contributed by atoms with Gasteiger partial charge in [-0.05, 0) is 31.5 Å². The molecular formula is C13H20ClNO3S. The van der Waals surface area contributed by atoms with Crippen LogP contribution in [0.25, 0.3) is 0 Å². The molecule has 0 aromatic heterocycles. The summed E-state index contributed by atoms with van der Waals surface area (Å²) in [6.45, 7) is 5.93. The molecule has 0 aliphatic carbocycles. The van der Waals surface area contributed by atoms with E-state index in [4.69, 9.17) is 16.3 Å². The van der Waals surface area contributed by atoms with Gasteiger partial charge in [0.2, 0.25) is 10.0 Å². The van der Waals surface area contributed by atoms with Crippen molar-refractivity contribution in [3.05, 3.63) is 23.8 Å². The highest BCUT2D eigenvalue weighted by Gasteiger charge is 2.28. The van der Waals surface area contributed by atoms with Crippen LogP contribution in [0, 0.1) is 0 Å². The van der Waals surface area contributed by atoms with E-state index < -0.39 is 10.0 Å². The minimum absolute atomic E-state index is 0.104. The number of ether oxygens (including phenoxy) is 1. The van der Waals surface area contributed by atoms with E-state index in [0.717, 1.165) is 5.56 Å². The Balaban J connectivity index is 3.35. The van der Waals surface area contributed by atoms with Crippen molar-refractivity contribution in [2.24, 2.45) is 0 Å². The van der Waals surface area contributed by atoms with E-state index in [9.17, 15) is 8.42 Å². The summed E-state index contributed by atoms with van der Waals surface area (Å²) in [6, 6.07) is 4.81. The first-order valence-electron chi connectivity index (χ1n) is 6.13. The molecular weight excluding hydrogens is 286 g/mol. The molecule has 0 aliphatic heterocycles. The van der Waals surface area contributed by atoms with Crippen LogP contribution in [0.5, 0.6) is 5.75 Å². The van der Waals surface area contributed by atoms with E-state index in [0.29, 0.717) is 18.2 Å². The molecule has 1 aromatic carbocycles. The third-order valence-corrected chi connectivity index (χ3v) is 5.36. The number of rotatable bonds is 6. The Labute approximate surface area is 120 Å². The van der Waals surface area contributed by atoms with Crippen molar-refractivity contribution in [2.45, 2.75) is 37.6 Å². The molecule has 0 amide bonds. The topological polar surface area (TPSA) is 46.6 Å². The zero-order valence-electron chi connectivity index (χ0n) is 11.7. The van der Waals surface area contributed by atoms with E-state index in [1.807, 2.05) is 20.8 Å². The second kappa shape index (κ2) is 6.59. The molecule has 6 heteroatoms. The lowest BCUT2D eigenvalue weighted by atomic mass is 10.2. The predicted molar refractivity (Wildman–Crippen MR) is 77.3 cm³/mol. The molecule has 0 heterocycles. The van der Waals surface area contributed by atoms with Gasteiger partial charge < -0.3 is 4.74 Å². The number of methoxy groups -OCH3 is 1. The van der Waals surface area contributed by atoms with Crippen molar-refractivity contribution in [1.82, 2.24) is 4.31 Å². The van der Waals surface area contributed by atoms with Crippen LogP contribution in [-0.4, -0.2) is 32.4 Å². The van der Waals surface area contributed by atoms with Crippen molar-refractivity contribution in [1.29, 1.82) is 0 Å². The van der Waals surface area contributed by atoms with Gasteiger partial charge in [0, 0.05) is 18.5 Å². The second-order valence-electron chi connectivity index (χ2n) is 4.42. The molecule has 0 N–H and O–H groups in total. The van der Waals surface area contributed by atoms with Gasteiger partial charge in [-0.25, -0.2) is 8.42 Å². The highest BCUT2D eigenvalue weighted by atomic mass is 35.5.